The van der Waals surface area contributed by atoms with Gasteiger partial charge in [0.15, 0.2) is 12.3 Å². The number of nitrogens with zero attached hydrogens (tertiary/aromatic N) is 3. The Morgan fingerprint density at radius 2 is 1.72 bits per heavy atom. The number of rotatable bonds is 12. The van der Waals surface area contributed by atoms with Crippen LogP contribution in [0.5, 0.6) is 0 Å². The molecular formula is C24H32FN4O13P. The van der Waals surface area contributed by atoms with Gasteiger partial charge in [0.05, 0.1) is 17.6 Å². The molecule has 17 nitrogen and oxygen atoms in total. The summed E-state index contributed by atoms with van der Waals surface area (Å²) < 4.78 is 69.6. The minimum atomic E-state index is -4.96. The summed E-state index contributed by atoms with van der Waals surface area (Å²) in [6.45, 7) is 3.92. The van der Waals surface area contributed by atoms with Crippen molar-refractivity contribution in [2.24, 2.45) is 0 Å². The number of nitrogens with two attached hydrogens (primary N) is 1. The number of ether oxygens (including phenoxy) is 5. The predicted molar refractivity (Wildman–Crippen MR) is 141 cm³/mol. The van der Waals surface area contributed by atoms with Gasteiger partial charge in [0.1, 0.15) is 24.4 Å². The van der Waals surface area contributed by atoms with Crippen LogP contribution in [-0.2, 0) is 41.8 Å². The number of carbonyl (C=O) groups is 2. The molecule has 0 aliphatic carbocycles. The number of phosphoric ester groups is 1. The normalized spacial score (nSPS) is 23.7. The van der Waals surface area contributed by atoms with Gasteiger partial charge in [-0.2, -0.15) is 0 Å². The van der Waals surface area contributed by atoms with E-state index in [9.17, 15) is 24.4 Å². The van der Waals surface area contributed by atoms with Gasteiger partial charge in [0.2, 0.25) is 19.2 Å². The zero-order valence-electron chi connectivity index (χ0n) is 23.8. The Labute approximate surface area is 244 Å². The van der Waals surface area contributed by atoms with E-state index in [1.54, 1.807) is 0 Å². The van der Waals surface area contributed by atoms with Gasteiger partial charge in [-0.25, -0.2) is 37.6 Å². The standard InChI is InChI=1S/C24H32FN4O13P/c1-6-8-23(33)19(30)24(25,42-20(23)29-9-7-16-17(26)27-11-28-18(16)29)10-37-43(34,38-12-35-21(31)40-14(2)3)39-13-36-22(32)41-15(4)5/h7,9,11,14-15,19-20,30,33H,10,12-13H2,1-5H3,(H2,26,27,28)/t19-,20+,23+,24+/m0/s1. The third kappa shape index (κ3) is 8.09. The number of aromatic nitrogens is 3. The molecule has 238 valence electrons. The van der Waals surface area contributed by atoms with E-state index in [0.29, 0.717) is 5.39 Å². The Kier molecular flexibility index (Phi) is 10.9. The summed E-state index contributed by atoms with van der Waals surface area (Å²) in [6, 6.07) is 1.47. The molecule has 1 fully saturated rings. The van der Waals surface area contributed by atoms with E-state index in [1.165, 1.54) is 46.9 Å². The lowest BCUT2D eigenvalue weighted by Gasteiger charge is -2.27. The molecule has 1 aliphatic rings. The monoisotopic (exact) mass is 634 g/mol. The predicted octanol–water partition coefficient (Wildman–Crippen LogP) is 2.52. The molecule has 2 aromatic heterocycles. The number of anilines is 1. The van der Waals surface area contributed by atoms with E-state index in [2.05, 4.69) is 31.3 Å². The minimum Gasteiger partial charge on any atom is -0.432 e. The number of aliphatic hydroxyl groups excluding tert-OH is 1. The van der Waals surface area contributed by atoms with Gasteiger partial charge >= 0.3 is 20.1 Å². The van der Waals surface area contributed by atoms with Gasteiger partial charge in [0.25, 0.3) is 5.85 Å². The molecule has 0 aromatic carbocycles. The first kappa shape index (κ1) is 33.9. The maximum atomic E-state index is 16.2. The van der Waals surface area contributed by atoms with Crippen molar-refractivity contribution in [1.29, 1.82) is 0 Å². The Morgan fingerprint density at radius 1 is 1.14 bits per heavy atom. The smallest absolute Gasteiger partial charge is 0.432 e. The van der Waals surface area contributed by atoms with Crippen LogP contribution in [0.15, 0.2) is 18.6 Å². The van der Waals surface area contributed by atoms with Crippen molar-refractivity contribution in [3.05, 3.63) is 18.6 Å². The Hall–Kier alpha value is -3.56. The first-order valence-electron chi connectivity index (χ1n) is 12.6. The van der Waals surface area contributed by atoms with Crippen molar-refractivity contribution in [3.63, 3.8) is 0 Å². The fourth-order valence-corrected chi connectivity index (χ4v) is 4.63. The van der Waals surface area contributed by atoms with Crippen LogP contribution in [0, 0.1) is 11.8 Å². The molecule has 1 aliphatic heterocycles. The van der Waals surface area contributed by atoms with Crippen LogP contribution in [0.2, 0.25) is 0 Å². The first-order chi connectivity index (χ1) is 20.1. The lowest BCUT2D eigenvalue weighted by atomic mass is 9.93. The van der Waals surface area contributed by atoms with Crippen molar-refractivity contribution >= 4 is 37.0 Å². The number of phosphoric acid groups is 1. The molecule has 0 bridgehead atoms. The van der Waals surface area contributed by atoms with E-state index < -0.39 is 76.3 Å². The minimum absolute atomic E-state index is 0.0801. The van der Waals surface area contributed by atoms with E-state index in [0.717, 1.165) is 10.9 Å². The van der Waals surface area contributed by atoms with Gasteiger partial charge in [-0.3, -0.25) is 4.52 Å². The fourth-order valence-electron chi connectivity index (χ4n) is 3.71. The molecule has 0 spiro atoms. The van der Waals surface area contributed by atoms with Crippen LogP contribution in [0.25, 0.3) is 11.0 Å². The number of halogens is 1. The number of hydrogen-bond acceptors (Lipinski definition) is 16. The number of alkyl halides is 1. The van der Waals surface area contributed by atoms with E-state index >= 15 is 4.39 Å². The number of hydrogen-bond donors (Lipinski definition) is 3. The molecule has 0 saturated carbocycles. The highest BCUT2D eigenvalue weighted by Gasteiger charge is 2.65. The molecule has 0 radical (unpaired) electrons. The van der Waals surface area contributed by atoms with E-state index in [-0.39, 0.29) is 11.5 Å². The van der Waals surface area contributed by atoms with Crippen molar-refractivity contribution < 1.29 is 66.0 Å². The Morgan fingerprint density at radius 3 is 2.26 bits per heavy atom. The molecular weight excluding hydrogens is 602 g/mol. The summed E-state index contributed by atoms with van der Waals surface area (Å²) in [5, 5.41) is 22.6. The lowest BCUT2D eigenvalue weighted by molar-refractivity contribution is -0.205. The van der Waals surface area contributed by atoms with Gasteiger partial charge in [-0.1, -0.05) is 5.92 Å². The third-order valence-corrected chi connectivity index (χ3v) is 6.77. The average molecular weight is 635 g/mol. The van der Waals surface area contributed by atoms with Crippen LogP contribution in [-0.4, -0.2) is 87.0 Å². The highest BCUT2D eigenvalue weighted by atomic mass is 31.2. The lowest BCUT2D eigenvalue weighted by Crippen LogP contribution is -2.50. The van der Waals surface area contributed by atoms with E-state index in [4.69, 9.17) is 33.5 Å². The van der Waals surface area contributed by atoms with Crippen molar-refractivity contribution in [1.82, 2.24) is 14.5 Å². The average Bonchev–Trinajstić information content (AvgIpc) is 3.41. The van der Waals surface area contributed by atoms with Crippen LogP contribution < -0.4 is 5.73 Å². The summed E-state index contributed by atoms with van der Waals surface area (Å²) >= 11 is 0. The molecule has 1 saturated heterocycles. The van der Waals surface area contributed by atoms with Crippen LogP contribution in [0.1, 0.15) is 40.8 Å². The Bertz CT molecular complexity index is 1380. The zero-order chi connectivity index (χ0) is 32.0. The second-order valence-electron chi connectivity index (χ2n) is 9.41. The highest BCUT2D eigenvalue weighted by molar-refractivity contribution is 7.48. The van der Waals surface area contributed by atoms with Gasteiger partial charge in [-0.15, -0.1) is 5.92 Å². The summed E-state index contributed by atoms with van der Waals surface area (Å²) in [5.74, 6) is 1.50. The summed E-state index contributed by atoms with van der Waals surface area (Å²) in [7, 11) is -4.96. The SMILES string of the molecule is CC#C[C@]1(O)[C@H](n2ccc3c(N)ncnc32)O[C@](F)(COP(=O)(OCOC(=O)OC(C)C)OCOC(=O)OC(C)C)[C@H]1O. The molecule has 43 heavy (non-hydrogen) atoms. The van der Waals surface area contributed by atoms with Gasteiger partial charge in [0, 0.05) is 6.20 Å². The first-order valence-corrected chi connectivity index (χ1v) is 14.1. The number of fused-ring (bicyclic) bond motifs is 1. The van der Waals surface area contributed by atoms with Gasteiger partial charge in [-0.05, 0) is 40.7 Å². The molecule has 0 amide bonds. The fraction of sp³-hybridized carbons (Fsp3) is 0.583. The molecule has 3 rings (SSSR count). The van der Waals surface area contributed by atoms with Crippen LogP contribution >= 0.6 is 7.82 Å². The molecule has 0 unspecified atom stereocenters. The second kappa shape index (κ2) is 13.8. The molecule has 3 heterocycles. The van der Waals surface area contributed by atoms with Crippen molar-refractivity contribution in [2.75, 3.05) is 25.9 Å². The van der Waals surface area contributed by atoms with E-state index in [1.807, 2.05) is 0 Å². The maximum Gasteiger partial charge on any atom is 0.510 e. The summed E-state index contributed by atoms with van der Waals surface area (Å²) in [5.41, 5.74) is 3.37. The van der Waals surface area contributed by atoms with Crippen molar-refractivity contribution in [3.8, 4) is 11.8 Å². The summed E-state index contributed by atoms with van der Waals surface area (Å²) in [6.07, 6.45) is -5.22. The molecule has 2 aromatic rings. The largest absolute Gasteiger partial charge is 0.510 e. The zero-order valence-corrected chi connectivity index (χ0v) is 24.7. The molecule has 4 atom stereocenters. The third-order valence-electron chi connectivity index (χ3n) is 5.49. The van der Waals surface area contributed by atoms with Crippen LogP contribution in [0.3, 0.4) is 0 Å². The topological polar surface area (TPSA) is 222 Å². The Balaban J connectivity index is 1.82. The second-order valence-corrected chi connectivity index (χ2v) is 11.1. The van der Waals surface area contributed by atoms with Crippen LogP contribution in [0.4, 0.5) is 19.8 Å². The number of nitrogen functional groups attached to an aromatic ring is 1. The number of carbonyl (C=O) groups excluding carboxylic acids is 2. The maximum absolute atomic E-state index is 16.2. The number of aliphatic hydroxyl groups is 2. The summed E-state index contributed by atoms with van der Waals surface area (Å²) in [4.78, 5) is 31.2. The highest BCUT2D eigenvalue weighted by Crippen LogP contribution is 2.53. The molecule has 19 heteroatoms. The molecule has 4 N–H and O–H groups in total. The quantitative estimate of drug-likeness (QED) is 0.132. The van der Waals surface area contributed by atoms with Gasteiger partial charge < -0.3 is 44.2 Å². The van der Waals surface area contributed by atoms with Crippen molar-refractivity contribution in [2.45, 2.75) is 70.6 Å².